The zero-order valence-corrected chi connectivity index (χ0v) is 7.99. The van der Waals surface area contributed by atoms with Gasteiger partial charge in [0.25, 0.3) is 1.43 Å². The molecule has 0 aromatic carbocycles. The minimum Gasteiger partial charge on any atom is -0.351 e. The van der Waals surface area contributed by atoms with Gasteiger partial charge in [0.2, 0.25) is 5.79 Å². The van der Waals surface area contributed by atoms with Crippen molar-refractivity contribution in [2.45, 2.75) is 31.2 Å². The molecule has 0 aliphatic heterocycles. The van der Waals surface area contributed by atoms with Gasteiger partial charge >= 0.3 is 0 Å². The fraction of sp³-hybridized carbons (Fsp3) is 1.00. The summed E-state index contributed by atoms with van der Waals surface area (Å²) < 4.78 is 17.5. The van der Waals surface area contributed by atoms with Crippen molar-refractivity contribution in [3.63, 3.8) is 0 Å². The van der Waals surface area contributed by atoms with Gasteiger partial charge in [-0.2, -0.15) is 0 Å². The highest BCUT2D eigenvalue weighted by Gasteiger charge is 2.61. The summed E-state index contributed by atoms with van der Waals surface area (Å²) in [5.74, 6) is 0.0529. The summed E-state index contributed by atoms with van der Waals surface area (Å²) in [7, 11) is 3.23. The van der Waals surface area contributed by atoms with Crippen molar-refractivity contribution in [1.29, 1.82) is 1.43 Å². The van der Waals surface area contributed by atoms with Gasteiger partial charge < -0.3 is 9.47 Å². The summed E-state index contributed by atoms with van der Waals surface area (Å²) in [5, 5.41) is 4.03. The summed E-state index contributed by atoms with van der Waals surface area (Å²) in [6, 6.07) is 0. The molecule has 0 spiro atoms. The summed E-state index contributed by atoms with van der Waals surface area (Å²) in [6.07, 6.45) is 2.97. The van der Waals surface area contributed by atoms with E-state index in [1.54, 1.807) is 14.2 Å². The molecule has 0 aromatic heterocycles. The van der Waals surface area contributed by atoms with Crippen LogP contribution in [0.25, 0.3) is 1.43 Å². The molecule has 0 aromatic rings. The van der Waals surface area contributed by atoms with Gasteiger partial charge in [0.15, 0.2) is 0 Å². The second kappa shape index (κ2) is 3.20. The number of hydrogen-bond acceptors (Lipinski definition) is 4. The van der Waals surface area contributed by atoms with Crippen LogP contribution in [0.5, 0.6) is 0 Å². The lowest BCUT2D eigenvalue weighted by Crippen LogP contribution is -2.51. The Morgan fingerprint density at radius 1 is 1.38 bits per heavy atom. The Labute approximate surface area is 79.2 Å². The largest absolute Gasteiger partial charge is 0.351 e. The van der Waals surface area contributed by atoms with E-state index >= 15 is 0 Å². The van der Waals surface area contributed by atoms with E-state index in [4.69, 9.17) is 15.8 Å². The van der Waals surface area contributed by atoms with Crippen LogP contribution in [0.1, 0.15) is 19.3 Å². The number of methoxy groups -OCH3 is 2. The first-order valence-corrected chi connectivity index (χ1v) is 4.67. The molecular weight excluding hydrogens is 172 g/mol. The van der Waals surface area contributed by atoms with Crippen LogP contribution in [0.2, 0.25) is 0 Å². The second-order valence-corrected chi connectivity index (χ2v) is 3.92. The van der Waals surface area contributed by atoms with Gasteiger partial charge in [-0.25, -0.2) is 4.89 Å². The quantitative estimate of drug-likeness (QED) is 0.411. The fourth-order valence-corrected chi connectivity index (χ4v) is 3.01. The molecule has 0 saturated heterocycles. The summed E-state index contributed by atoms with van der Waals surface area (Å²) in [5.41, 5.74) is 0. The number of hydrogen-bond donors (Lipinski definition) is 1. The third-order valence-electron chi connectivity index (χ3n) is 3.61. The van der Waals surface area contributed by atoms with Crippen molar-refractivity contribution < 1.29 is 19.6 Å². The van der Waals surface area contributed by atoms with E-state index in [1.165, 1.54) is 0 Å². The first kappa shape index (κ1) is 8.17. The standard InChI is InChI=1S/C9H16O4/c1-11-9(12-2)7-4-3-6(5-7)8(9)13-10/h6-8,10H,3-5H2,1-2H3/t6-,7+,8+/m0/s1/i/hD. The molecule has 2 bridgehead atoms. The normalized spacial score (nSPS) is 42.3. The maximum Gasteiger partial charge on any atom is 0.255 e. The van der Waals surface area contributed by atoms with Crippen LogP contribution in [0.4, 0.5) is 0 Å². The molecule has 0 amide bonds. The van der Waals surface area contributed by atoms with Gasteiger partial charge in [-0.05, 0) is 25.2 Å². The molecule has 2 aliphatic carbocycles. The van der Waals surface area contributed by atoms with Crippen molar-refractivity contribution in [2.24, 2.45) is 11.8 Å². The van der Waals surface area contributed by atoms with Crippen molar-refractivity contribution in [3.8, 4) is 0 Å². The average molecular weight is 189 g/mol. The lowest BCUT2D eigenvalue weighted by atomic mass is 9.91. The minimum atomic E-state index is -0.704. The summed E-state index contributed by atoms with van der Waals surface area (Å²) in [6.45, 7) is 0. The zero-order chi connectivity index (χ0) is 10.2. The van der Waals surface area contributed by atoms with Crippen LogP contribution in [-0.4, -0.2) is 31.4 Å². The van der Waals surface area contributed by atoms with Crippen LogP contribution >= 0.6 is 0 Å². The molecule has 2 rings (SSSR count). The van der Waals surface area contributed by atoms with Crippen molar-refractivity contribution in [3.05, 3.63) is 0 Å². The molecule has 13 heavy (non-hydrogen) atoms. The molecular formula is C9H16O4. The highest BCUT2D eigenvalue weighted by molar-refractivity contribution is 5.04. The van der Waals surface area contributed by atoms with E-state index in [2.05, 4.69) is 5.26 Å². The van der Waals surface area contributed by atoms with Crippen LogP contribution in [0, 0.1) is 11.8 Å². The van der Waals surface area contributed by atoms with Gasteiger partial charge in [0.05, 0.1) is 0 Å². The molecule has 2 saturated carbocycles. The van der Waals surface area contributed by atoms with Crippen molar-refractivity contribution in [1.82, 2.24) is 0 Å². The smallest absolute Gasteiger partial charge is 0.255 e. The molecule has 0 heterocycles. The molecule has 0 radical (unpaired) electrons. The minimum absolute atomic E-state index is 0.270. The molecule has 2 fully saturated rings. The number of rotatable bonds is 4. The van der Waals surface area contributed by atoms with E-state index in [-0.39, 0.29) is 6.10 Å². The van der Waals surface area contributed by atoms with Gasteiger partial charge in [-0.3, -0.25) is 5.26 Å². The first-order valence-electron chi connectivity index (χ1n) is 5.08. The first-order chi connectivity index (χ1) is 6.78. The maximum absolute atomic E-state index is 6.64. The van der Waals surface area contributed by atoms with E-state index in [0.717, 1.165) is 19.3 Å². The SMILES string of the molecule is [2H]OO[C@@H]1[C@H]2CC[C@H](C2)C1(OC)OC. The Balaban J connectivity index is 2.19. The predicted octanol–water partition coefficient (Wildman–Crippen LogP) is 1.26. The highest BCUT2D eigenvalue weighted by Crippen LogP contribution is 2.53. The lowest BCUT2D eigenvalue weighted by Gasteiger charge is -2.39. The fourth-order valence-electron chi connectivity index (χ4n) is 3.01. The van der Waals surface area contributed by atoms with E-state index in [0.29, 0.717) is 11.8 Å². The van der Waals surface area contributed by atoms with Gasteiger partial charge in [0.1, 0.15) is 6.10 Å². The Morgan fingerprint density at radius 3 is 2.77 bits per heavy atom. The molecule has 4 nitrogen and oxygen atoms in total. The molecule has 76 valence electrons. The lowest BCUT2D eigenvalue weighted by molar-refractivity contribution is -0.377. The molecule has 1 N–H and O–H groups in total. The zero-order valence-electron chi connectivity index (χ0n) is 8.99. The van der Waals surface area contributed by atoms with Crippen molar-refractivity contribution >= 4 is 0 Å². The number of ether oxygens (including phenoxy) is 2. The summed E-state index contributed by atoms with van der Waals surface area (Å²) >= 11 is 0. The average Bonchev–Trinajstić information content (AvgIpc) is 2.78. The van der Waals surface area contributed by atoms with Crippen LogP contribution in [0.3, 0.4) is 0 Å². The monoisotopic (exact) mass is 189 g/mol. The van der Waals surface area contributed by atoms with Crippen LogP contribution < -0.4 is 0 Å². The third-order valence-corrected chi connectivity index (χ3v) is 3.61. The maximum atomic E-state index is 6.64. The van der Waals surface area contributed by atoms with E-state index in [1.807, 2.05) is 0 Å². The van der Waals surface area contributed by atoms with E-state index < -0.39 is 5.79 Å². The van der Waals surface area contributed by atoms with Gasteiger partial charge in [0, 0.05) is 20.1 Å². The predicted molar refractivity (Wildman–Crippen MR) is 45.1 cm³/mol. The number of fused-ring (bicyclic) bond motifs is 2. The third kappa shape index (κ3) is 1.06. The molecule has 0 unspecified atom stereocenters. The van der Waals surface area contributed by atoms with E-state index in [9.17, 15) is 0 Å². The second-order valence-electron chi connectivity index (χ2n) is 3.92. The molecule has 2 aliphatic rings. The molecule has 4 heteroatoms. The Hall–Kier alpha value is -0.160. The Morgan fingerprint density at radius 2 is 2.15 bits per heavy atom. The van der Waals surface area contributed by atoms with Crippen molar-refractivity contribution in [2.75, 3.05) is 14.2 Å². The topological polar surface area (TPSA) is 47.9 Å². The highest BCUT2D eigenvalue weighted by atomic mass is 17.1. The Kier molecular flexibility index (Phi) is 2.01. The molecule has 3 atom stereocenters. The Bertz CT molecular complexity index is 207. The summed E-state index contributed by atoms with van der Waals surface area (Å²) in [4.78, 5) is 4.95. The van der Waals surface area contributed by atoms with Crippen LogP contribution in [-0.2, 0) is 14.4 Å². The van der Waals surface area contributed by atoms with Gasteiger partial charge in [-0.15, -0.1) is 0 Å². The van der Waals surface area contributed by atoms with Gasteiger partial charge in [-0.1, -0.05) is 0 Å². The van der Waals surface area contributed by atoms with Crippen LogP contribution in [0.15, 0.2) is 0 Å².